The molecule has 0 amide bonds. The highest BCUT2D eigenvalue weighted by molar-refractivity contribution is 5.40. The first kappa shape index (κ1) is 12.8. The maximum atomic E-state index is 5.86. The van der Waals surface area contributed by atoms with Gasteiger partial charge in [-0.1, -0.05) is 0 Å². The molecular weight excluding hydrogens is 238 g/mol. The summed E-state index contributed by atoms with van der Waals surface area (Å²) in [6, 6.07) is 2.54. The minimum atomic E-state index is 0.371. The Morgan fingerprint density at radius 2 is 2.00 bits per heavy atom. The molecule has 5 heteroatoms. The Bertz CT molecular complexity index is 430. The third kappa shape index (κ3) is 2.87. The molecule has 3 rings (SSSR count). The third-order valence-corrected chi connectivity index (χ3v) is 4.31. The first-order valence-corrected chi connectivity index (χ1v) is 7.23. The van der Waals surface area contributed by atoms with Gasteiger partial charge in [-0.25, -0.2) is 9.97 Å². The summed E-state index contributed by atoms with van der Waals surface area (Å²) in [6.07, 6.45) is 5.05. The van der Waals surface area contributed by atoms with Crippen LogP contribution in [0.2, 0.25) is 0 Å². The summed E-state index contributed by atoms with van der Waals surface area (Å²) in [5, 5.41) is 0. The van der Waals surface area contributed by atoms with Gasteiger partial charge >= 0.3 is 0 Å². The Labute approximate surface area is 114 Å². The van der Waals surface area contributed by atoms with Crippen molar-refractivity contribution in [3.63, 3.8) is 0 Å². The fourth-order valence-electron chi connectivity index (χ4n) is 2.94. The minimum Gasteiger partial charge on any atom is -0.355 e. The smallest absolute Gasteiger partial charge is 0.132 e. The van der Waals surface area contributed by atoms with Crippen molar-refractivity contribution in [3.8, 4) is 0 Å². The van der Waals surface area contributed by atoms with Crippen LogP contribution in [0.5, 0.6) is 0 Å². The highest BCUT2D eigenvalue weighted by atomic mass is 15.2. The predicted molar refractivity (Wildman–Crippen MR) is 76.3 cm³/mol. The number of hydrogen-bond acceptors (Lipinski definition) is 5. The van der Waals surface area contributed by atoms with Crippen LogP contribution < -0.4 is 10.6 Å². The van der Waals surface area contributed by atoms with Crippen LogP contribution in [0, 0.1) is 0 Å². The predicted octanol–water partition coefficient (Wildman–Crippen LogP) is 0.823. The van der Waals surface area contributed by atoms with E-state index >= 15 is 0 Å². The molecule has 2 N–H and O–H groups in total. The summed E-state index contributed by atoms with van der Waals surface area (Å²) >= 11 is 0. The standard InChI is InChI=1S/C14H23N5/c1-18-3-2-4-19(6-5-18)14-9-13(16-10-17-14)11-7-12(15)8-11/h9-12H,2-8,15H2,1H3. The quantitative estimate of drug-likeness (QED) is 0.854. The number of anilines is 1. The number of hydrogen-bond donors (Lipinski definition) is 1. The Morgan fingerprint density at radius 1 is 1.16 bits per heavy atom. The van der Waals surface area contributed by atoms with Crippen molar-refractivity contribution in [1.29, 1.82) is 0 Å². The number of nitrogens with zero attached hydrogens (tertiary/aromatic N) is 4. The molecule has 1 saturated heterocycles. The van der Waals surface area contributed by atoms with Crippen molar-refractivity contribution in [2.45, 2.75) is 31.2 Å². The minimum absolute atomic E-state index is 0.371. The molecule has 2 fully saturated rings. The fraction of sp³-hybridized carbons (Fsp3) is 0.714. The lowest BCUT2D eigenvalue weighted by Gasteiger charge is -2.32. The first-order valence-electron chi connectivity index (χ1n) is 7.23. The van der Waals surface area contributed by atoms with Gasteiger partial charge in [0, 0.05) is 43.4 Å². The molecule has 0 atom stereocenters. The second-order valence-corrected chi connectivity index (χ2v) is 5.87. The average molecular weight is 261 g/mol. The number of aromatic nitrogens is 2. The summed E-state index contributed by atoms with van der Waals surface area (Å²) in [7, 11) is 2.19. The monoisotopic (exact) mass is 261 g/mol. The summed E-state index contributed by atoms with van der Waals surface area (Å²) in [4.78, 5) is 13.6. The van der Waals surface area contributed by atoms with Crippen LogP contribution in [0.4, 0.5) is 5.82 Å². The summed E-state index contributed by atoms with van der Waals surface area (Å²) < 4.78 is 0. The van der Waals surface area contributed by atoms with E-state index in [-0.39, 0.29) is 0 Å². The van der Waals surface area contributed by atoms with Gasteiger partial charge < -0.3 is 15.5 Å². The molecule has 0 radical (unpaired) electrons. The van der Waals surface area contributed by atoms with Crippen LogP contribution in [-0.4, -0.2) is 54.1 Å². The second-order valence-electron chi connectivity index (χ2n) is 5.87. The first-order chi connectivity index (χ1) is 9.22. The van der Waals surface area contributed by atoms with Gasteiger partial charge in [-0.2, -0.15) is 0 Å². The van der Waals surface area contributed by atoms with Gasteiger partial charge in [0.05, 0.1) is 0 Å². The Hall–Kier alpha value is -1.20. The largest absolute Gasteiger partial charge is 0.355 e. The van der Waals surface area contributed by atoms with E-state index in [1.54, 1.807) is 6.33 Å². The van der Waals surface area contributed by atoms with E-state index in [0.29, 0.717) is 12.0 Å². The molecule has 1 saturated carbocycles. The molecule has 0 spiro atoms. The topological polar surface area (TPSA) is 58.3 Å². The van der Waals surface area contributed by atoms with E-state index in [4.69, 9.17) is 5.73 Å². The molecule has 104 valence electrons. The van der Waals surface area contributed by atoms with Crippen molar-refractivity contribution in [2.24, 2.45) is 5.73 Å². The molecule has 19 heavy (non-hydrogen) atoms. The average Bonchev–Trinajstić information content (AvgIpc) is 2.60. The molecule has 1 aliphatic carbocycles. The normalized spacial score (nSPS) is 28.8. The zero-order valence-corrected chi connectivity index (χ0v) is 11.6. The zero-order chi connectivity index (χ0) is 13.2. The van der Waals surface area contributed by atoms with Crippen molar-refractivity contribution < 1.29 is 0 Å². The summed E-state index contributed by atoms with van der Waals surface area (Å²) in [5.41, 5.74) is 7.03. The Balaban J connectivity index is 1.71. The van der Waals surface area contributed by atoms with Crippen LogP contribution >= 0.6 is 0 Å². The lowest BCUT2D eigenvalue weighted by Crippen LogP contribution is -2.35. The summed E-state index contributed by atoms with van der Waals surface area (Å²) in [5.74, 6) is 1.63. The van der Waals surface area contributed by atoms with Gasteiger partial charge in [-0.3, -0.25) is 0 Å². The van der Waals surface area contributed by atoms with Crippen molar-refractivity contribution in [1.82, 2.24) is 14.9 Å². The van der Waals surface area contributed by atoms with Crippen LogP contribution in [0.25, 0.3) is 0 Å². The van der Waals surface area contributed by atoms with Gasteiger partial charge in [0.2, 0.25) is 0 Å². The highest BCUT2D eigenvalue weighted by Gasteiger charge is 2.29. The van der Waals surface area contributed by atoms with E-state index in [2.05, 4.69) is 32.9 Å². The van der Waals surface area contributed by atoms with Crippen molar-refractivity contribution in [3.05, 3.63) is 18.1 Å². The van der Waals surface area contributed by atoms with E-state index < -0.39 is 0 Å². The molecule has 1 aromatic heterocycles. The third-order valence-electron chi connectivity index (χ3n) is 4.31. The lowest BCUT2D eigenvalue weighted by atomic mass is 9.78. The van der Waals surface area contributed by atoms with Gasteiger partial charge in [0.15, 0.2) is 0 Å². The van der Waals surface area contributed by atoms with Gasteiger partial charge in [-0.15, -0.1) is 0 Å². The Morgan fingerprint density at radius 3 is 2.79 bits per heavy atom. The van der Waals surface area contributed by atoms with Crippen LogP contribution in [-0.2, 0) is 0 Å². The van der Waals surface area contributed by atoms with E-state index in [0.717, 1.165) is 38.3 Å². The molecule has 0 unspecified atom stereocenters. The molecule has 0 bridgehead atoms. The molecule has 2 aliphatic rings. The van der Waals surface area contributed by atoms with Crippen LogP contribution in [0.15, 0.2) is 12.4 Å². The number of nitrogens with two attached hydrogens (primary N) is 1. The fourth-order valence-corrected chi connectivity index (χ4v) is 2.94. The molecule has 1 aromatic rings. The van der Waals surface area contributed by atoms with E-state index in [1.165, 1.54) is 18.7 Å². The van der Waals surface area contributed by atoms with Gasteiger partial charge in [0.1, 0.15) is 12.1 Å². The van der Waals surface area contributed by atoms with Crippen LogP contribution in [0.3, 0.4) is 0 Å². The van der Waals surface area contributed by atoms with Gasteiger partial charge in [-0.05, 0) is 32.9 Å². The van der Waals surface area contributed by atoms with Crippen LogP contribution in [0.1, 0.15) is 30.9 Å². The molecular formula is C14H23N5. The number of rotatable bonds is 2. The van der Waals surface area contributed by atoms with Crippen molar-refractivity contribution >= 4 is 5.82 Å². The van der Waals surface area contributed by atoms with E-state index in [9.17, 15) is 0 Å². The molecule has 0 aromatic carbocycles. The maximum absolute atomic E-state index is 5.86. The molecule has 5 nitrogen and oxygen atoms in total. The molecule has 1 aliphatic heterocycles. The Kier molecular flexibility index (Phi) is 3.66. The molecule has 2 heterocycles. The highest BCUT2D eigenvalue weighted by Crippen LogP contribution is 2.35. The van der Waals surface area contributed by atoms with E-state index in [1.807, 2.05) is 0 Å². The van der Waals surface area contributed by atoms with Gasteiger partial charge in [0.25, 0.3) is 0 Å². The SMILES string of the molecule is CN1CCCN(c2cc(C3CC(N)C3)ncn2)CC1. The zero-order valence-electron chi connectivity index (χ0n) is 11.6. The van der Waals surface area contributed by atoms with Crippen molar-refractivity contribution in [2.75, 3.05) is 38.1 Å². The summed E-state index contributed by atoms with van der Waals surface area (Å²) in [6.45, 7) is 4.42. The maximum Gasteiger partial charge on any atom is 0.132 e. The number of likely N-dealkylation sites (N-methyl/N-ethyl adjacent to an activating group) is 1. The second kappa shape index (κ2) is 5.43. The lowest BCUT2D eigenvalue weighted by molar-refractivity contribution is 0.345.